The van der Waals surface area contributed by atoms with E-state index in [0.29, 0.717) is 0 Å². The van der Waals surface area contributed by atoms with Crippen molar-refractivity contribution in [1.82, 2.24) is 4.90 Å². The fraction of sp³-hybridized carbons (Fsp3) is 0.400. The first-order valence-corrected chi connectivity index (χ1v) is 9.58. The van der Waals surface area contributed by atoms with E-state index in [0.717, 1.165) is 67.0 Å². The average Bonchev–Trinajstić information content (AvgIpc) is 2.63. The number of rotatable bonds is 3. The van der Waals surface area contributed by atoms with E-state index >= 15 is 0 Å². The Morgan fingerprint density at radius 1 is 0.960 bits per heavy atom. The van der Waals surface area contributed by atoms with Crippen molar-refractivity contribution < 1.29 is 4.74 Å². The maximum atomic E-state index is 6.33. The predicted octanol–water partition coefficient (Wildman–Crippen LogP) is 4.83. The zero-order valence-corrected chi connectivity index (χ0v) is 15.6. The molecule has 1 spiro atoms. The smallest absolute Gasteiger partial charge is 0.131 e. The Labute approximate surface area is 158 Å². The molecular formula is C20H22Cl2N2O. The number of benzene rings is 2. The number of ether oxygens (including phenoxy) is 1. The largest absolute Gasteiger partial charge is 0.457 e. The number of halogens is 2. The molecular weight excluding hydrogens is 355 g/mol. The van der Waals surface area contributed by atoms with Gasteiger partial charge in [-0.2, -0.15) is 0 Å². The van der Waals surface area contributed by atoms with Crippen LogP contribution in [-0.4, -0.2) is 31.1 Å². The van der Waals surface area contributed by atoms with E-state index < -0.39 is 0 Å². The summed E-state index contributed by atoms with van der Waals surface area (Å²) in [4.78, 5) is 2.50. The van der Waals surface area contributed by atoms with Gasteiger partial charge in [0.1, 0.15) is 11.5 Å². The van der Waals surface area contributed by atoms with Crippen LogP contribution in [0.2, 0.25) is 10.0 Å². The Bertz CT molecular complexity index is 732. The van der Waals surface area contributed by atoms with Gasteiger partial charge in [-0.15, -0.1) is 0 Å². The summed E-state index contributed by atoms with van der Waals surface area (Å²) in [5.41, 5.74) is 7.96. The van der Waals surface area contributed by atoms with Gasteiger partial charge in [-0.25, -0.2) is 0 Å². The molecule has 2 aliphatic heterocycles. The van der Waals surface area contributed by atoms with Gasteiger partial charge in [-0.3, -0.25) is 0 Å². The fourth-order valence-electron chi connectivity index (χ4n) is 4.21. The van der Waals surface area contributed by atoms with Crippen LogP contribution in [0.15, 0.2) is 36.4 Å². The van der Waals surface area contributed by atoms with Crippen LogP contribution in [0.1, 0.15) is 30.4 Å². The Morgan fingerprint density at radius 3 is 2.04 bits per heavy atom. The van der Waals surface area contributed by atoms with Gasteiger partial charge in [-0.05, 0) is 81.8 Å². The monoisotopic (exact) mass is 376 g/mol. The number of nitrogens with zero attached hydrogens (tertiary/aromatic N) is 1. The lowest BCUT2D eigenvalue weighted by Crippen LogP contribution is -2.45. The minimum Gasteiger partial charge on any atom is -0.457 e. The van der Waals surface area contributed by atoms with Crippen LogP contribution in [-0.2, 0) is 5.41 Å². The molecule has 0 atom stereocenters. The first-order valence-electron chi connectivity index (χ1n) is 8.83. The van der Waals surface area contributed by atoms with E-state index in [1.54, 1.807) is 0 Å². The fourth-order valence-corrected chi connectivity index (χ4v) is 4.55. The van der Waals surface area contributed by atoms with Crippen molar-refractivity contribution in [2.45, 2.75) is 24.7 Å². The molecule has 132 valence electrons. The summed E-state index contributed by atoms with van der Waals surface area (Å²) < 4.78 is 6.16. The van der Waals surface area contributed by atoms with Gasteiger partial charge >= 0.3 is 0 Å². The van der Waals surface area contributed by atoms with Gasteiger partial charge in [0.15, 0.2) is 0 Å². The second-order valence-electron chi connectivity index (χ2n) is 6.95. The van der Waals surface area contributed by atoms with E-state index in [2.05, 4.69) is 17.0 Å². The lowest BCUT2D eigenvalue weighted by atomic mass is 9.66. The van der Waals surface area contributed by atoms with Gasteiger partial charge in [0.2, 0.25) is 0 Å². The van der Waals surface area contributed by atoms with Crippen LogP contribution < -0.4 is 10.5 Å². The summed E-state index contributed by atoms with van der Waals surface area (Å²) >= 11 is 12.7. The zero-order valence-electron chi connectivity index (χ0n) is 14.1. The molecule has 0 aromatic heterocycles. The van der Waals surface area contributed by atoms with Crippen LogP contribution in [0.25, 0.3) is 0 Å². The number of hydrogen-bond acceptors (Lipinski definition) is 3. The normalized spacial score (nSPS) is 18.5. The lowest BCUT2D eigenvalue weighted by Gasteiger charge is -2.46. The standard InChI is InChI=1S/C20H22Cl2N2O/c21-14-2-4-18-16(12-14)20(6-10-24(11-7-20)9-1-8-23)17-13-15(22)3-5-19(17)25-18/h2-5,12-13H,1,6-11,23H2. The van der Waals surface area contributed by atoms with Crippen LogP contribution in [0.4, 0.5) is 0 Å². The van der Waals surface area contributed by atoms with Crippen molar-refractivity contribution in [2.24, 2.45) is 5.73 Å². The minimum absolute atomic E-state index is 0.0854. The first kappa shape index (κ1) is 17.2. The lowest BCUT2D eigenvalue weighted by molar-refractivity contribution is 0.171. The average molecular weight is 377 g/mol. The highest BCUT2D eigenvalue weighted by Gasteiger charge is 2.44. The molecule has 2 heterocycles. The molecule has 25 heavy (non-hydrogen) atoms. The summed E-state index contributed by atoms with van der Waals surface area (Å²) in [5, 5.41) is 1.50. The van der Waals surface area contributed by atoms with Crippen LogP contribution in [0.3, 0.4) is 0 Å². The first-order chi connectivity index (χ1) is 12.1. The van der Waals surface area contributed by atoms with Gasteiger partial charge in [0.25, 0.3) is 0 Å². The molecule has 2 aliphatic rings. The molecule has 0 radical (unpaired) electrons. The summed E-state index contributed by atoms with van der Waals surface area (Å²) in [7, 11) is 0. The molecule has 1 fully saturated rings. The van der Waals surface area contributed by atoms with Crippen molar-refractivity contribution in [3.05, 3.63) is 57.6 Å². The van der Waals surface area contributed by atoms with Crippen molar-refractivity contribution in [3.63, 3.8) is 0 Å². The van der Waals surface area contributed by atoms with E-state index in [1.165, 1.54) is 11.1 Å². The molecule has 0 bridgehead atoms. The van der Waals surface area contributed by atoms with Crippen LogP contribution in [0, 0.1) is 0 Å². The third kappa shape index (κ3) is 3.04. The Hall–Kier alpha value is -1.26. The van der Waals surface area contributed by atoms with Gasteiger partial charge in [-0.1, -0.05) is 23.2 Å². The van der Waals surface area contributed by atoms with E-state index in [4.69, 9.17) is 33.7 Å². The molecule has 0 aliphatic carbocycles. The van der Waals surface area contributed by atoms with Crippen molar-refractivity contribution in [2.75, 3.05) is 26.2 Å². The topological polar surface area (TPSA) is 38.5 Å². The predicted molar refractivity (Wildman–Crippen MR) is 103 cm³/mol. The number of likely N-dealkylation sites (tertiary alicyclic amines) is 1. The Morgan fingerprint density at radius 2 is 1.52 bits per heavy atom. The van der Waals surface area contributed by atoms with Crippen molar-refractivity contribution >= 4 is 23.2 Å². The summed E-state index contributed by atoms with van der Waals surface area (Å²) in [5.74, 6) is 1.82. The van der Waals surface area contributed by atoms with E-state index in [1.807, 2.05) is 24.3 Å². The molecule has 2 aromatic carbocycles. The summed E-state index contributed by atoms with van der Waals surface area (Å²) in [6.45, 7) is 3.88. The molecule has 2 N–H and O–H groups in total. The number of piperidine rings is 1. The van der Waals surface area contributed by atoms with E-state index in [-0.39, 0.29) is 5.41 Å². The third-order valence-corrected chi connectivity index (χ3v) is 5.99. The third-order valence-electron chi connectivity index (χ3n) is 5.52. The maximum Gasteiger partial charge on any atom is 0.131 e. The molecule has 0 unspecified atom stereocenters. The second-order valence-corrected chi connectivity index (χ2v) is 7.82. The van der Waals surface area contributed by atoms with Crippen LogP contribution in [0.5, 0.6) is 11.5 Å². The molecule has 4 rings (SSSR count). The number of nitrogens with two attached hydrogens (primary N) is 1. The molecule has 1 saturated heterocycles. The van der Waals surface area contributed by atoms with Crippen LogP contribution >= 0.6 is 23.2 Å². The molecule has 0 amide bonds. The number of hydrogen-bond donors (Lipinski definition) is 1. The SMILES string of the molecule is NCCCN1CCC2(CC1)c1cc(Cl)ccc1Oc1ccc(Cl)cc12. The van der Waals surface area contributed by atoms with Gasteiger partial charge in [0.05, 0.1) is 0 Å². The molecule has 3 nitrogen and oxygen atoms in total. The highest BCUT2D eigenvalue weighted by Crippen LogP contribution is 2.54. The highest BCUT2D eigenvalue weighted by molar-refractivity contribution is 6.31. The minimum atomic E-state index is -0.0854. The quantitative estimate of drug-likeness (QED) is 0.833. The van der Waals surface area contributed by atoms with Gasteiger partial charge < -0.3 is 15.4 Å². The summed E-state index contributed by atoms with van der Waals surface area (Å²) in [6.07, 6.45) is 3.10. The Kier molecular flexibility index (Phi) is 4.67. The van der Waals surface area contributed by atoms with Gasteiger partial charge in [0, 0.05) is 26.6 Å². The maximum absolute atomic E-state index is 6.33. The van der Waals surface area contributed by atoms with Crippen molar-refractivity contribution in [3.8, 4) is 11.5 Å². The Balaban J connectivity index is 1.76. The molecule has 5 heteroatoms. The molecule has 2 aromatic rings. The van der Waals surface area contributed by atoms with E-state index in [9.17, 15) is 0 Å². The zero-order chi connectivity index (χ0) is 17.4. The summed E-state index contributed by atoms with van der Waals surface area (Å²) in [6, 6.07) is 11.9. The highest BCUT2D eigenvalue weighted by atomic mass is 35.5. The number of fused-ring (bicyclic) bond motifs is 4. The van der Waals surface area contributed by atoms with Crippen molar-refractivity contribution in [1.29, 1.82) is 0 Å². The molecule has 0 saturated carbocycles. The second kappa shape index (κ2) is 6.81.